The third-order valence-corrected chi connectivity index (χ3v) is 10.4. The summed E-state index contributed by atoms with van der Waals surface area (Å²) in [5, 5.41) is 54.1. The van der Waals surface area contributed by atoms with Crippen LogP contribution >= 0.6 is 0 Å². The van der Waals surface area contributed by atoms with E-state index in [1.165, 1.54) is 116 Å². The van der Waals surface area contributed by atoms with Crippen LogP contribution in [-0.2, 0) is 14.3 Å². The number of unbranched alkanes of at least 4 members (excludes halogenated alkanes) is 22. The summed E-state index contributed by atoms with van der Waals surface area (Å²) in [5.41, 5.74) is 0. The van der Waals surface area contributed by atoms with Gasteiger partial charge in [-0.3, -0.25) is 4.79 Å². The van der Waals surface area contributed by atoms with Crippen LogP contribution in [0.15, 0.2) is 36.5 Å². The number of carbonyl (C=O) groups is 1. The summed E-state index contributed by atoms with van der Waals surface area (Å²) in [5.74, 6) is -0.191. The van der Waals surface area contributed by atoms with Crippen LogP contribution in [0.25, 0.3) is 0 Å². The maximum atomic E-state index is 12.9. The Labute approximate surface area is 330 Å². The minimum absolute atomic E-state index is 0.191. The van der Waals surface area contributed by atoms with E-state index >= 15 is 0 Å². The number of carbonyl (C=O) groups excluding carboxylic acids is 1. The Hall–Kier alpha value is -1.59. The number of rotatable bonds is 36. The van der Waals surface area contributed by atoms with E-state index in [4.69, 9.17) is 9.47 Å². The number of hydrogen-bond donors (Lipinski definition) is 6. The first-order valence-corrected chi connectivity index (χ1v) is 22.2. The Morgan fingerprint density at radius 3 is 1.56 bits per heavy atom. The zero-order valence-corrected chi connectivity index (χ0v) is 34.5. The van der Waals surface area contributed by atoms with E-state index in [9.17, 15) is 30.3 Å². The summed E-state index contributed by atoms with van der Waals surface area (Å²) in [7, 11) is 0. The van der Waals surface area contributed by atoms with E-state index < -0.39 is 49.5 Å². The number of aliphatic hydroxyl groups is 5. The molecule has 9 nitrogen and oxygen atoms in total. The Kier molecular flexibility index (Phi) is 33.4. The molecule has 1 fully saturated rings. The molecule has 0 spiro atoms. The van der Waals surface area contributed by atoms with E-state index in [-0.39, 0.29) is 12.5 Å². The van der Waals surface area contributed by atoms with Crippen LogP contribution < -0.4 is 5.32 Å². The molecule has 0 bridgehead atoms. The first-order valence-electron chi connectivity index (χ1n) is 22.2. The molecule has 9 heteroatoms. The number of allylic oxidation sites excluding steroid dienone is 5. The van der Waals surface area contributed by atoms with E-state index in [0.29, 0.717) is 6.42 Å². The van der Waals surface area contributed by atoms with Gasteiger partial charge in [-0.05, 0) is 44.9 Å². The van der Waals surface area contributed by atoms with Gasteiger partial charge in [0.05, 0.1) is 25.4 Å². The van der Waals surface area contributed by atoms with Crippen molar-refractivity contribution in [3.63, 3.8) is 0 Å². The van der Waals surface area contributed by atoms with Crippen molar-refractivity contribution in [3.8, 4) is 0 Å². The molecule has 6 N–H and O–H groups in total. The van der Waals surface area contributed by atoms with Gasteiger partial charge in [-0.25, -0.2) is 0 Å². The third-order valence-electron chi connectivity index (χ3n) is 10.4. The summed E-state index contributed by atoms with van der Waals surface area (Å²) in [6.07, 6.45) is 36.1. The molecular formula is C45H83NO8. The van der Waals surface area contributed by atoms with Gasteiger partial charge < -0.3 is 40.3 Å². The minimum Gasteiger partial charge on any atom is -0.394 e. The van der Waals surface area contributed by atoms with Crippen molar-refractivity contribution in [2.45, 2.75) is 230 Å². The van der Waals surface area contributed by atoms with Gasteiger partial charge in [-0.2, -0.15) is 0 Å². The molecule has 1 saturated heterocycles. The van der Waals surface area contributed by atoms with Crippen molar-refractivity contribution < 1.29 is 39.8 Å². The lowest BCUT2D eigenvalue weighted by Crippen LogP contribution is -2.60. The average molecular weight is 766 g/mol. The summed E-state index contributed by atoms with van der Waals surface area (Å²) >= 11 is 0. The number of ether oxygens (including phenoxy) is 2. The summed E-state index contributed by atoms with van der Waals surface area (Å²) in [4.78, 5) is 12.9. The topological polar surface area (TPSA) is 149 Å². The molecule has 54 heavy (non-hydrogen) atoms. The highest BCUT2D eigenvalue weighted by molar-refractivity contribution is 5.76. The van der Waals surface area contributed by atoms with Crippen molar-refractivity contribution in [3.05, 3.63) is 36.5 Å². The molecule has 7 unspecified atom stereocenters. The van der Waals surface area contributed by atoms with Gasteiger partial charge in [0.15, 0.2) is 6.29 Å². The van der Waals surface area contributed by atoms with Crippen LogP contribution in [-0.4, -0.2) is 87.5 Å². The molecule has 0 radical (unpaired) electrons. The van der Waals surface area contributed by atoms with E-state index in [1.807, 2.05) is 6.08 Å². The van der Waals surface area contributed by atoms with Crippen molar-refractivity contribution in [1.29, 1.82) is 0 Å². The SMILES string of the molecule is CCCCCCC/C=C/CC/C=C/CC/C=C/C(O)C(COC1OC(CO)C(O)C(O)C1O)NC(=O)CCCCCCCCCCCCCCCCCC. The van der Waals surface area contributed by atoms with E-state index in [0.717, 1.165) is 51.4 Å². The lowest BCUT2D eigenvalue weighted by molar-refractivity contribution is -0.302. The van der Waals surface area contributed by atoms with Crippen molar-refractivity contribution in [2.75, 3.05) is 13.2 Å². The highest BCUT2D eigenvalue weighted by atomic mass is 16.7. The zero-order valence-electron chi connectivity index (χ0n) is 34.5. The van der Waals surface area contributed by atoms with E-state index in [2.05, 4.69) is 43.5 Å². The maximum absolute atomic E-state index is 12.9. The molecule has 1 amide bonds. The highest BCUT2D eigenvalue weighted by Crippen LogP contribution is 2.22. The van der Waals surface area contributed by atoms with Crippen LogP contribution in [0.4, 0.5) is 0 Å². The van der Waals surface area contributed by atoms with Crippen LogP contribution in [0.5, 0.6) is 0 Å². The molecule has 0 saturated carbocycles. The predicted molar refractivity (Wildman–Crippen MR) is 221 cm³/mol. The fourth-order valence-corrected chi connectivity index (χ4v) is 6.83. The Balaban J connectivity index is 2.41. The minimum atomic E-state index is -1.57. The first kappa shape index (κ1) is 50.4. The maximum Gasteiger partial charge on any atom is 0.220 e. The smallest absolute Gasteiger partial charge is 0.220 e. The monoisotopic (exact) mass is 766 g/mol. The fraction of sp³-hybridized carbons (Fsp3) is 0.844. The molecule has 1 aliphatic rings. The van der Waals surface area contributed by atoms with Gasteiger partial charge in [0, 0.05) is 6.42 Å². The van der Waals surface area contributed by atoms with Gasteiger partial charge >= 0.3 is 0 Å². The second-order valence-electron chi connectivity index (χ2n) is 15.5. The van der Waals surface area contributed by atoms with Crippen LogP contribution in [0.2, 0.25) is 0 Å². The summed E-state index contributed by atoms with van der Waals surface area (Å²) < 4.78 is 11.2. The molecule has 0 aromatic rings. The molecule has 1 rings (SSSR count). The molecule has 7 atom stereocenters. The molecule has 1 aliphatic heterocycles. The molecule has 1 heterocycles. The Morgan fingerprint density at radius 2 is 1.06 bits per heavy atom. The second kappa shape index (κ2) is 35.8. The van der Waals surface area contributed by atoms with Gasteiger partial charge in [-0.15, -0.1) is 0 Å². The molecule has 0 aromatic carbocycles. The lowest BCUT2D eigenvalue weighted by Gasteiger charge is -2.40. The normalized spacial score (nSPS) is 21.8. The highest BCUT2D eigenvalue weighted by Gasteiger charge is 2.44. The van der Waals surface area contributed by atoms with Crippen LogP contribution in [0, 0.1) is 0 Å². The molecule has 0 aromatic heterocycles. The van der Waals surface area contributed by atoms with Crippen molar-refractivity contribution in [1.82, 2.24) is 5.32 Å². The third kappa shape index (κ3) is 26.3. The summed E-state index contributed by atoms with van der Waals surface area (Å²) in [6, 6.07) is -0.823. The number of hydrogen-bond acceptors (Lipinski definition) is 8. The molecular weight excluding hydrogens is 682 g/mol. The quantitative estimate of drug-likeness (QED) is 0.0274. The van der Waals surface area contributed by atoms with Crippen LogP contribution in [0.1, 0.15) is 187 Å². The van der Waals surface area contributed by atoms with Crippen molar-refractivity contribution in [2.24, 2.45) is 0 Å². The van der Waals surface area contributed by atoms with Crippen molar-refractivity contribution >= 4 is 5.91 Å². The van der Waals surface area contributed by atoms with Gasteiger partial charge in [0.1, 0.15) is 24.4 Å². The fourth-order valence-electron chi connectivity index (χ4n) is 6.83. The Bertz CT molecular complexity index is 941. The Morgan fingerprint density at radius 1 is 0.611 bits per heavy atom. The van der Waals surface area contributed by atoms with Crippen LogP contribution in [0.3, 0.4) is 0 Å². The number of amides is 1. The average Bonchev–Trinajstić information content (AvgIpc) is 3.17. The molecule has 316 valence electrons. The largest absolute Gasteiger partial charge is 0.394 e. The van der Waals surface area contributed by atoms with Gasteiger partial charge in [0.2, 0.25) is 5.91 Å². The second-order valence-corrected chi connectivity index (χ2v) is 15.5. The number of aliphatic hydroxyl groups excluding tert-OH is 5. The first-order chi connectivity index (χ1) is 26.3. The van der Waals surface area contributed by atoms with E-state index in [1.54, 1.807) is 6.08 Å². The molecule has 0 aliphatic carbocycles. The number of nitrogens with one attached hydrogen (secondary N) is 1. The van der Waals surface area contributed by atoms with Gasteiger partial charge in [0.25, 0.3) is 0 Å². The zero-order chi connectivity index (χ0) is 39.5. The van der Waals surface area contributed by atoms with Gasteiger partial charge in [-0.1, -0.05) is 172 Å². The standard InChI is InChI=1S/C45H83NO8/c1-3-5-7-9-11-13-15-17-19-21-23-25-27-29-31-33-35-41(49)46-38(37-53-45-44(52)43(51)42(50)40(36-47)54-45)39(48)34-32-30-28-26-24-22-20-18-16-14-12-10-8-6-4-2/h16,18,24,26,32,34,38-40,42-45,47-48,50-52H,3-15,17,19-23,25,27-31,33,35-37H2,1-2H3,(H,46,49)/b18-16+,26-24+,34-32+. The summed E-state index contributed by atoms with van der Waals surface area (Å²) in [6.45, 7) is 3.73. The predicted octanol–water partition coefficient (Wildman–Crippen LogP) is 8.89. The lowest BCUT2D eigenvalue weighted by atomic mass is 9.99.